The molecule has 0 aliphatic rings. The third-order valence-corrected chi connectivity index (χ3v) is 3.34. The number of aromatic nitrogens is 1. The second-order valence-electron chi connectivity index (χ2n) is 2.56. The molecule has 1 aromatic heterocycles. The molecule has 0 aliphatic heterocycles. The largest absolute Gasteiger partial charge is 0.265 e. The molecule has 0 unspecified atom stereocenters. The molecule has 10 heavy (non-hydrogen) atoms. The number of halogens is 1. The minimum Gasteiger partial charge on any atom is -0.265 e. The molecule has 3 heteroatoms. The van der Waals surface area contributed by atoms with E-state index >= 15 is 0 Å². The van der Waals surface area contributed by atoms with E-state index in [1.807, 2.05) is 6.20 Å². The topological polar surface area (TPSA) is 12.9 Å². The van der Waals surface area contributed by atoms with E-state index in [-0.39, 0.29) is 0 Å². The Morgan fingerprint density at radius 2 is 2.10 bits per heavy atom. The molecule has 1 aromatic rings. The summed E-state index contributed by atoms with van der Waals surface area (Å²) in [5.74, 6) is 0. The van der Waals surface area contributed by atoms with Gasteiger partial charge in [0, 0.05) is 16.0 Å². The average molecular weight is 216 g/mol. The third-order valence-electron chi connectivity index (χ3n) is 1.34. The standard InChI is InChI=1S/C7H10BrNSi/c1-10(2)7-4-3-6(8)5-9-7/h3-5,10H,1-2H3. The van der Waals surface area contributed by atoms with E-state index < -0.39 is 8.80 Å². The van der Waals surface area contributed by atoms with Gasteiger partial charge in [0.05, 0.1) is 8.80 Å². The fourth-order valence-electron chi connectivity index (χ4n) is 0.729. The van der Waals surface area contributed by atoms with Crippen molar-refractivity contribution >= 4 is 30.0 Å². The van der Waals surface area contributed by atoms with Crippen molar-refractivity contribution in [3.63, 3.8) is 0 Å². The Hall–Kier alpha value is -0.153. The normalized spacial score (nSPS) is 10.4. The summed E-state index contributed by atoms with van der Waals surface area (Å²) >= 11 is 3.35. The molecule has 0 fully saturated rings. The molecule has 0 N–H and O–H groups in total. The van der Waals surface area contributed by atoms with Gasteiger partial charge in [-0.2, -0.15) is 0 Å². The quantitative estimate of drug-likeness (QED) is 0.649. The van der Waals surface area contributed by atoms with Crippen molar-refractivity contribution in [3.8, 4) is 0 Å². The zero-order valence-electron chi connectivity index (χ0n) is 6.13. The van der Waals surface area contributed by atoms with Gasteiger partial charge in [-0.05, 0) is 28.1 Å². The summed E-state index contributed by atoms with van der Waals surface area (Å²) < 4.78 is 1.06. The maximum atomic E-state index is 4.29. The SMILES string of the molecule is C[SiH](C)c1ccc(Br)cn1. The molecule has 0 saturated carbocycles. The van der Waals surface area contributed by atoms with Crippen LogP contribution in [-0.2, 0) is 0 Å². The van der Waals surface area contributed by atoms with Crippen LogP contribution in [-0.4, -0.2) is 13.8 Å². The first-order chi connectivity index (χ1) is 4.70. The number of rotatable bonds is 1. The highest BCUT2D eigenvalue weighted by atomic mass is 79.9. The first-order valence-electron chi connectivity index (χ1n) is 3.31. The van der Waals surface area contributed by atoms with E-state index in [1.165, 1.54) is 5.32 Å². The Kier molecular flexibility index (Phi) is 2.62. The molecule has 1 rings (SSSR count). The first-order valence-corrected chi connectivity index (χ1v) is 6.99. The van der Waals surface area contributed by atoms with Crippen LogP contribution in [0.15, 0.2) is 22.8 Å². The summed E-state index contributed by atoms with van der Waals surface area (Å²) in [6.45, 7) is 4.55. The maximum absolute atomic E-state index is 4.29. The van der Waals surface area contributed by atoms with Crippen LogP contribution in [0.2, 0.25) is 13.1 Å². The van der Waals surface area contributed by atoms with Crippen molar-refractivity contribution in [1.29, 1.82) is 0 Å². The lowest BCUT2D eigenvalue weighted by atomic mass is 10.5. The number of hydrogen-bond acceptors (Lipinski definition) is 1. The van der Waals surface area contributed by atoms with Gasteiger partial charge in [-0.15, -0.1) is 0 Å². The van der Waals surface area contributed by atoms with Gasteiger partial charge in [0.25, 0.3) is 0 Å². The summed E-state index contributed by atoms with van der Waals surface area (Å²) in [7, 11) is -0.681. The van der Waals surface area contributed by atoms with Crippen LogP contribution in [0.5, 0.6) is 0 Å². The molecule has 0 saturated heterocycles. The first kappa shape index (κ1) is 7.95. The monoisotopic (exact) mass is 215 g/mol. The van der Waals surface area contributed by atoms with Crippen LogP contribution >= 0.6 is 15.9 Å². The van der Waals surface area contributed by atoms with Crippen molar-refractivity contribution < 1.29 is 0 Å². The summed E-state index contributed by atoms with van der Waals surface area (Å²) in [4.78, 5) is 4.29. The van der Waals surface area contributed by atoms with Gasteiger partial charge in [0.1, 0.15) is 0 Å². The summed E-state index contributed by atoms with van der Waals surface area (Å²) in [5.41, 5.74) is 0. The third kappa shape index (κ3) is 1.92. The average Bonchev–Trinajstić information content (AvgIpc) is 1.88. The molecule has 0 atom stereocenters. The summed E-state index contributed by atoms with van der Waals surface area (Å²) in [5, 5.41) is 1.28. The number of pyridine rings is 1. The van der Waals surface area contributed by atoms with Crippen LogP contribution < -0.4 is 5.32 Å². The smallest absolute Gasteiger partial charge is 0.0884 e. The minimum atomic E-state index is -0.681. The Balaban J connectivity index is 2.89. The zero-order chi connectivity index (χ0) is 7.56. The van der Waals surface area contributed by atoms with Crippen LogP contribution in [0.1, 0.15) is 0 Å². The highest BCUT2D eigenvalue weighted by molar-refractivity contribution is 9.10. The Morgan fingerprint density at radius 3 is 2.50 bits per heavy atom. The fraction of sp³-hybridized carbons (Fsp3) is 0.286. The van der Waals surface area contributed by atoms with Gasteiger partial charge in [-0.25, -0.2) is 0 Å². The lowest BCUT2D eigenvalue weighted by Gasteiger charge is -2.00. The molecule has 0 spiro atoms. The molecule has 0 aliphatic carbocycles. The van der Waals surface area contributed by atoms with Gasteiger partial charge >= 0.3 is 0 Å². The predicted molar refractivity (Wildman–Crippen MR) is 50.4 cm³/mol. The molecule has 0 radical (unpaired) electrons. The van der Waals surface area contributed by atoms with E-state index in [0.717, 1.165) is 4.47 Å². The van der Waals surface area contributed by atoms with E-state index in [0.29, 0.717) is 0 Å². The number of hydrogen-bond donors (Lipinski definition) is 0. The van der Waals surface area contributed by atoms with Crippen molar-refractivity contribution in [2.75, 3.05) is 0 Å². The lowest BCUT2D eigenvalue weighted by molar-refractivity contribution is 1.35. The van der Waals surface area contributed by atoms with Gasteiger partial charge in [0.15, 0.2) is 0 Å². The number of nitrogens with zero attached hydrogens (tertiary/aromatic N) is 1. The molecular weight excluding hydrogens is 206 g/mol. The van der Waals surface area contributed by atoms with Crippen molar-refractivity contribution in [2.24, 2.45) is 0 Å². The van der Waals surface area contributed by atoms with Gasteiger partial charge < -0.3 is 0 Å². The second kappa shape index (κ2) is 3.30. The van der Waals surface area contributed by atoms with Gasteiger partial charge in [-0.3, -0.25) is 4.98 Å². The van der Waals surface area contributed by atoms with Crippen molar-refractivity contribution in [3.05, 3.63) is 22.8 Å². The van der Waals surface area contributed by atoms with Crippen molar-refractivity contribution in [1.82, 2.24) is 4.98 Å². The fourth-order valence-corrected chi connectivity index (χ4v) is 1.82. The van der Waals surface area contributed by atoms with Crippen LogP contribution in [0, 0.1) is 0 Å². The van der Waals surface area contributed by atoms with Crippen LogP contribution in [0.4, 0.5) is 0 Å². The molecule has 0 bridgehead atoms. The van der Waals surface area contributed by atoms with E-state index in [2.05, 4.69) is 46.1 Å². The molecule has 0 amide bonds. The van der Waals surface area contributed by atoms with E-state index in [9.17, 15) is 0 Å². The minimum absolute atomic E-state index is 0.681. The van der Waals surface area contributed by atoms with Gasteiger partial charge in [0.2, 0.25) is 0 Å². The van der Waals surface area contributed by atoms with E-state index in [1.54, 1.807) is 0 Å². The second-order valence-corrected chi connectivity index (χ2v) is 6.37. The highest BCUT2D eigenvalue weighted by Gasteiger charge is 1.99. The summed E-state index contributed by atoms with van der Waals surface area (Å²) in [6.07, 6.45) is 1.86. The lowest BCUT2D eigenvalue weighted by Crippen LogP contribution is -2.25. The van der Waals surface area contributed by atoms with E-state index in [4.69, 9.17) is 0 Å². The van der Waals surface area contributed by atoms with Gasteiger partial charge in [-0.1, -0.05) is 13.1 Å². The predicted octanol–water partition coefficient (Wildman–Crippen LogP) is 1.54. The Labute approximate surface area is 71.2 Å². The highest BCUT2D eigenvalue weighted by Crippen LogP contribution is 2.03. The summed E-state index contributed by atoms with van der Waals surface area (Å²) in [6, 6.07) is 4.15. The van der Waals surface area contributed by atoms with Crippen molar-refractivity contribution in [2.45, 2.75) is 13.1 Å². The Morgan fingerprint density at radius 1 is 1.40 bits per heavy atom. The molecule has 54 valence electrons. The molecule has 0 aromatic carbocycles. The molecule has 1 nitrogen and oxygen atoms in total. The maximum Gasteiger partial charge on any atom is 0.0884 e. The Bertz CT molecular complexity index is 207. The van der Waals surface area contributed by atoms with Crippen LogP contribution in [0.3, 0.4) is 0 Å². The van der Waals surface area contributed by atoms with Crippen LogP contribution in [0.25, 0.3) is 0 Å². The molecule has 1 heterocycles. The molecular formula is C7H10BrNSi. The zero-order valence-corrected chi connectivity index (χ0v) is 8.88.